The Balaban J connectivity index is 1.85. The van der Waals surface area contributed by atoms with Gasteiger partial charge in [0.15, 0.2) is 0 Å². The van der Waals surface area contributed by atoms with Gasteiger partial charge in [0.25, 0.3) is 5.91 Å². The number of ether oxygens (including phenoxy) is 2. The third kappa shape index (κ3) is 6.26. The molecule has 0 aliphatic carbocycles. The first-order chi connectivity index (χ1) is 15.0. The SMILES string of the molecule is COc1ccc(/C=C(\C#N)C(=O)Nc2ccc(Cl)cc2)c(OCc2cccc(Cl)c2)c1. The maximum atomic E-state index is 12.6. The lowest BCUT2D eigenvalue weighted by Gasteiger charge is -2.12. The first-order valence-corrected chi connectivity index (χ1v) is 9.98. The predicted octanol–water partition coefficient (Wildman–Crippen LogP) is 6.13. The van der Waals surface area contributed by atoms with E-state index in [0.717, 1.165) is 5.56 Å². The fourth-order valence-corrected chi connectivity index (χ4v) is 3.05. The van der Waals surface area contributed by atoms with E-state index < -0.39 is 5.91 Å². The molecule has 0 spiro atoms. The molecule has 0 saturated heterocycles. The number of nitrogens with one attached hydrogen (secondary N) is 1. The van der Waals surface area contributed by atoms with Crippen molar-refractivity contribution in [2.45, 2.75) is 6.61 Å². The van der Waals surface area contributed by atoms with E-state index in [0.29, 0.717) is 32.8 Å². The van der Waals surface area contributed by atoms with Crippen molar-refractivity contribution >= 4 is 40.9 Å². The summed E-state index contributed by atoms with van der Waals surface area (Å²) in [5, 5.41) is 13.4. The topological polar surface area (TPSA) is 71.3 Å². The van der Waals surface area contributed by atoms with E-state index in [9.17, 15) is 10.1 Å². The van der Waals surface area contributed by atoms with Gasteiger partial charge in [-0.05, 0) is 60.2 Å². The molecule has 1 amide bonds. The summed E-state index contributed by atoms with van der Waals surface area (Å²) < 4.78 is 11.2. The Kier molecular flexibility index (Phi) is 7.55. The highest BCUT2D eigenvalue weighted by Crippen LogP contribution is 2.28. The monoisotopic (exact) mass is 452 g/mol. The van der Waals surface area contributed by atoms with Gasteiger partial charge in [0, 0.05) is 27.4 Å². The van der Waals surface area contributed by atoms with Crippen LogP contribution in [-0.4, -0.2) is 13.0 Å². The van der Waals surface area contributed by atoms with Crippen molar-refractivity contribution in [1.29, 1.82) is 5.26 Å². The van der Waals surface area contributed by atoms with E-state index in [2.05, 4.69) is 5.32 Å². The second kappa shape index (κ2) is 10.5. The number of methoxy groups -OCH3 is 1. The average molecular weight is 453 g/mol. The Labute approximate surface area is 190 Å². The standard InChI is InChI=1S/C24H18Cl2N2O3/c1-30-22-10-5-17(23(13-22)31-15-16-3-2-4-20(26)11-16)12-18(14-27)24(29)28-21-8-6-19(25)7-9-21/h2-13H,15H2,1H3,(H,28,29)/b18-12+. The lowest BCUT2D eigenvalue weighted by Crippen LogP contribution is -2.13. The average Bonchev–Trinajstić information content (AvgIpc) is 2.78. The number of anilines is 1. The fourth-order valence-electron chi connectivity index (χ4n) is 2.71. The molecule has 0 aromatic heterocycles. The minimum Gasteiger partial charge on any atom is -0.497 e. The smallest absolute Gasteiger partial charge is 0.266 e. The molecule has 3 aromatic carbocycles. The van der Waals surface area contributed by atoms with Gasteiger partial charge in [-0.15, -0.1) is 0 Å². The molecule has 5 nitrogen and oxygen atoms in total. The van der Waals surface area contributed by atoms with Crippen molar-refractivity contribution in [3.05, 3.63) is 93.5 Å². The third-order valence-corrected chi connectivity index (χ3v) is 4.76. The van der Waals surface area contributed by atoms with Gasteiger partial charge in [0.05, 0.1) is 7.11 Å². The second-order valence-corrected chi connectivity index (χ2v) is 7.33. The predicted molar refractivity (Wildman–Crippen MR) is 122 cm³/mol. The van der Waals surface area contributed by atoms with Crippen molar-refractivity contribution in [2.24, 2.45) is 0 Å². The van der Waals surface area contributed by atoms with Crippen molar-refractivity contribution in [1.82, 2.24) is 0 Å². The van der Waals surface area contributed by atoms with Gasteiger partial charge >= 0.3 is 0 Å². The van der Waals surface area contributed by atoms with Crippen LogP contribution in [0.3, 0.4) is 0 Å². The van der Waals surface area contributed by atoms with Crippen LogP contribution in [-0.2, 0) is 11.4 Å². The van der Waals surface area contributed by atoms with Crippen LogP contribution in [0.4, 0.5) is 5.69 Å². The van der Waals surface area contributed by atoms with Gasteiger partial charge in [0.1, 0.15) is 29.7 Å². The van der Waals surface area contributed by atoms with Crippen molar-refractivity contribution in [3.8, 4) is 17.6 Å². The molecule has 3 aromatic rings. The number of nitriles is 1. The van der Waals surface area contributed by atoms with Crippen LogP contribution >= 0.6 is 23.2 Å². The maximum Gasteiger partial charge on any atom is 0.266 e. The van der Waals surface area contributed by atoms with Crippen molar-refractivity contribution in [2.75, 3.05) is 12.4 Å². The first-order valence-electron chi connectivity index (χ1n) is 9.22. The normalized spacial score (nSPS) is 10.8. The maximum absolute atomic E-state index is 12.6. The highest BCUT2D eigenvalue weighted by Gasteiger charge is 2.13. The quantitative estimate of drug-likeness (QED) is 0.345. The van der Waals surface area contributed by atoms with Crippen molar-refractivity contribution in [3.63, 3.8) is 0 Å². The Morgan fingerprint density at radius 1 is 1.06 bits per heavy atom. The van der Waals surface area contributed by atoms with Gasteiger partial charge in [-0.2, -0.15) is 5.26 Å². The number of carbonyl (C=O) groups excluding carboxylic acids is 1. The van der Waals surface area contributed by atoms with Gasteiger partial charge in [-0.3, -0.25) is 4.79 Å². The molecule has 0 unspecified atom stereocenters. The van der Waals surface area contributed by atoms with Gasteiger partial charge < -0.3 is 14.8 Å². The van der Waals surface area contributed by atoms with E-state index in [1.165, 1.54) is 6.08 Å². The number of amides is 1. The second-order valence-electron chi connectivity index (χ2n) is 6.45. The molecule has 0 aliphatic rings. The summed E-state index contributed by atoms with van der Waals surface area (Å²) in [6.45, 7) is 0.257. The molecule has 0 radical (unpaired) electrons. The molecule has 7 heteroatoms. The number of nitrogens with zero attached hydrogens (tertiary/aromatic N) is 1. The summed E-state index contributed by atoms with van der Waals surface area (Å²) in [7, 11) is 1.55. The zero-order valence-corrected chi connectivity index (χ0v) is 18.1. The van der Waals surface area contributed by atoms with Crippen LogP contribution in [0.1, 0.15) is 11.1 Å². The molecule has 1 N–H and O–H groups in total. The highest BCUT2D eigenvalue weighted by molar-refractivity contribution is 6.31. The number of carbonyl (C=O) groups is 1. The number of benzene rings is 3. The Hall–Kier alpha value is -3.46. The molecular formula is C24H18Cl2N2O3. The van der Waals surface area contributed by atoms with Gasteiger partial charge in [-0.25, -0.2) is 0 Å². The highest BCUT2D eigenvalue weighted by atomic mass is 35.5. The lowest BCUT2D eigenvalue weighted by molar-refractivity contribution is -0.112. The van der Waals surface area contributed by atoms with E-state index in [1.807, 2.05) is 18.2 Å². The zero-order valence-electron chi connectivity index (χ0n) is 16.6. The Bertz CT molecular complexity index is 1150. The molecule has 0 atom stereocenters. The summed E-state index contributed by atoms with van der Waals surface area (Å²) in [6, 6.07) is 21.0. The number of halogens is 2. The summed E-state index contributed by atoms with van der Waals surface area (Å²) in [6.07, 6.45) is 1.47. The summed E-state index contributed by atoms with van der Waals surface area (Å²) in [4.78, 5) is 12.6. The van der Waals surface area contributed by atoms with Crippen LogP contribution in [0, 0.1) is 11.3 Å². The van der Waals surface area contributed by atoms with E-state index in [4.69, 9.17) is 32.7 Å². The van der Waals surface area contributed by atoms with Crippen molar-refractivity contribution < 1.29 is 14.3 Å². The van der Waals surface area contributed by atoms with E-state index in [-0.39, 0.29) is 12.2 Å². The summed E-state index contributed by atoms with van der Waals surface area (Å²) >= 11 is 11.9. The minimum absolute atomic E-state index is 0.0762. The molecule has 0 heterocycles. The molecule has 0 saturated carbocycles. The summed E-state index contributed by atoms with van der Waals surface area (Å²) in [5.74, 6) is 0.509. The fraction of sp³-hybridized carbons (Fsp3) is 0.0833. The molecule has 31 heavy (non-hydrogen) atoms. The third-order valence-electron chi connectivity index (χ3n) is 4.27. The number of hydrogen-bond donors (Lipinski definition) is 1. The van der Waals surface area contributed by atoms with Gasteiger partial charge in [-0.1, -0.05) is 35.3 Å². The molecule has 3 rings (SSSR count). The van der Waals surface area contributed by atoms with Crippen LogP contribution in [0.5, 0.6) is 11.5 Å². The largest absolute Gasteiger partial charge is 0.497 e. The van der Waals surface area contributed by atoms with Crippen LogP contribution < -0.4 is 14.8 Å². The van der Waals surface area contributed by atoms with Crippen LogP contribution in [0.2, 0.25) is 10.0 Å². The van der Waals surface area contributed by atoms with E-state index >= 15 is 0 Å². The number of rotatable bonds is 7. The molecule has 0 aliphatic heterocycles. The zero-order chi connectivity index (χ0) is 22.2. The first kappa shape index (κ1) is 22.2. The molecule has 156 valence electrons. The van der Waals surface area contributed by atoms with Gasteiger partial charge in [0.2, 0.25) is 0 Å². The molecule has 0 bridgehead atoms. The van der Waals surface area contributed by atoms with E-state index in [1.54, 1.807) is 61.7 Å². The number of hydrogen-bond acceptors (Lipinski definition) is 4. The Morgan fingerprint density at radius 2 is 1.84 bits per heavy atom. The summed E-state index contributed by atoms with van der Waals surface area (Å²) in [5.41, 5.74) is 1.90. The Morgan fingerprint density at radius 3 is 2.52 bits per heavy atom. The molecule has 0 fully saturated rings. The van der Waals surface area contributed by atoms with Crippen LogP contribution in [0.25, 0.3) is 6.08 Å². The molecular weight excluding hydrogens is 435 g/mol. The minimum atomic E-state index is -0.540. The lowest BCUT2D eigenvalue weighted by atomic mass is 10.1. The van der Waals surface area contributed by atoms with Crippen LogP contribution in [0.15, 0.2) is 72.3 Å².